The molecular formula is C12H14O3. The maximum absolute atomic E-state index is 10.8. The van der Waals surface area contributed by atoms with Crippen molar-refractivity contribution in [1.29, 1.82) is 0 Å². The number of aromatic hydroxyl groups is 1. The van der Waals surface area contributed by atoms with Crippen molar-refractivity contribution in [2.75, 3.05) is 0 Å². The fraction of sp³-hybridized carbons (Fsp3) is 0.417. The lowest BCUT2D eigenvalue weighted by Gasteiger charge is -2.24. The first-order valence-corrected chi connectivity index (χ1v) is 5.13. The van der Waals surface area contributed by atoms with E-state index in [0.717, 1.165) is 19.3 Å². The lowest BCUT2D eigenvalue weighted by Crippen LogP contribution is -2.24. The van der Waals surface area contributed by atoms with Crippen molar-refractivity contribution in [3.05, 3.63) is 29.3 Å². The van der Waals surface area contributed by atoms with E-state index in [0.29, 0.717) is 5.75 Å². The molecule has 1 aromatic rings. The summed E-state index contributed by atoms with van der Waals surface area (Å²) in [5, 5.41) is 9.31. The standard InChI is InChI=1S/C12H14O3/c1-8(13)15-12-5-3-9-6-11(14)4-2-10(9)7-12/h2,4,6,12,14H,3,5,7H2,1H3. The molecule has 15 heavy (non-hydrogen) atoms. The quantitative estimate of drug-likeness (QED) is 0.713. The van der Waals surface area contributed by atoms with Crippen LogP contribution in [0.5, 0.6) is 5.75 Å². The number of esters is 1. The smallest absolute Gasteiger partial charge is 0.302 e. The van der Waals surface area contributed by atoms with Gasteiger partial charge in [0, 0.05) is 13.3 Å². The number of benzene rings is 1. The van der Waals surface area contributed by atoms with Crippen LogP contribution in [-0.4, -0.2) is 17.2 Å². The Morgan fingerprint density at radius 3 is 3.00 bits per heavy atom. The molecule has 0 amide bonds. The molecule has 1 N–H and O–H groups in total. The highest BCUT2D eigenvalue weighted by atomic mass is 16.5. The zero-order valence-corrected chi connectivity index (χ0v) is 8.69. The van der Waals surface area contributed by atoms with Gasteiger partial charge in [-0.05, 0) is 36.1 Å². The normalized spacial score (nSPS) is 19.4. The van der Waals surface area contributed by atoms with E-state index in [9.17, 15) is 9.90 Å². The van der Waals surface area contributed by atoms with E-state index in [1.165, 1.54) is 18.1 Å². The predicted octanol–water partition coefficient (Wildman–Crippen LogP) is 1.81. The molecule has 1 aliphatic carbocycles. The maximum Gasteiger partial charge on any atom is 0.302 e. The van der Waals surface area contributed by atoms with Crippen LogP contribution in [0.4, 0.5) is 0 Å². The number of hydrogen-bond acceptors (Lipinski definition) is 3. The molecule has 1 unspecified atom stereocenters. The molecule has 1 aliphatic rings. The minimum Gasteiger partial charge on any atom is -0.508 e. The first-order valence-electron chi connectivity index (χ1n) is 5.13. The Kier molecular flexibility index (Phi) is 2.62. The van der Waals surface area contributed by atoms with Gasteiger partial charge in [-0.15, -0.1) is 0 Å². The predicted molar refractivity (Wildman–Crippen MR) is 55.7 cm³/mol. The molecule has 80 valence electrons. The fourth-order valence-electron chi connectivity index (χ4n) is 2.04. The number of phenolic OH excluding ortho intramolecular Hbond substituents is 1. The zero-order valence-electron chi connectivity index (χ0n) is 8.69. The average Bonchev–Trinajstić information content (AvgIpc) is 2.17. The number of phenols is 1. The van der Waals surface area contributed by atoms with Crippen LogP contribution in [0.1, 0.15) is 24.5 Å². The van der Waals surface area contributed by atoms with Crippen LogP contribution in [-0.2, 0) is 22.4 Å². The topological polar surface area (TPSA) is 46.5 Å². The van der Waals surface area contributed by atoms with Gasteiger partial charge in [0.25, 0.3) is 0 Å². The second kappa shape index (κ2) is 3.93. The summed E-state index contributed by atoms with van der Waals surface area (Å²) >= 11 is 0. The Balaban J connectivity index is 2.13. The Hall–Kier alpha value is -1.51. The number of aryl methyl sites for hydroxylation is 1. The zero-order chi connectivity index (χ0) is 10.8. The number of carbonyl (C=O) groups is 1. The Morgan fingerprint density at radius 1 is 1.47 bits per heavy atom. The van der Waals surface area contributed by atoms with Gasteiger partial charge in [-0.25, -0.2) is 0 Å². The molecule has 0 radical (unpaired) electrons. The van der Waals surface area contributed by atoms with Crippen LogP contribution in [0, 0.1) is 0 Å². The summed E-state index contributed by atoms with van der Waals surface area (Å²) in [6.07, 6.45) is 2.46. The molecule has 0 fully saturated rings. The Labute approximate surface area is 88.7 Å². The third-order valence-electron chi connectivity index (χ3n) is 2.71. The SMILES string of the molecule is CC(=O)OC1CCc2cc(O)ccc2C1. The molecule has 1 atom stereocenters. The van der Waals surface area contributed by atoms with E-state index in [-0.39, 0.29) is 12.1 Å². The Morgan fingerprint density at radius 2 is 2.27 bits per heavy atom. The summed E-state index contributed by atoms with van der Waals surface area (Å²) < 4.78 is 5.18. The van der Waals surface area contributed by atoms with Crippen LogP contribution < -0.4 is 0 Å². The van der Waals surface area contributed by atoms with Gasteiger partial charge in [0.05, 0.1) is 0 Å². The van der Waals surface area contributed by atoms with Crippen LogP contribution in [0.3, 0.4) is 0 Å². The van der Waals surface area contributed by atoms with Gasteiger partial charge in [-0.3, -0.25) is 4.79 Å². The van der Waals surface area contributed by atoms with E-state index in [2.05, 4.69) is 0 Å². The minimum atomic E-state index is -0.220. The molecule has 0 aromatic heterocycles. The van der Waals surface area contributed by atoms with Crippen LogP contribution in [0.15, 0.2) is 18.2 Å². The highest BCUT2D eigenvalue weighted by molar-refractivity contribution is 5.66. The van der Waals surface area contributed by atoms with Crippen molar-refractivity contribution in [2.45, 2.75) is 32.3 Å². The summed E-state index contributed by atoms with van der Waals surface area (Å²) in [5.74, 6) is 0.0851. The molecule has 2 rings (SSSR count). The van der Waals surface area contributed by atoms with Gasteiger partial charge >= 0.3 is 5.97 Å². The summed E-state index contributed by atoms with van der Waals surface area (Å²) in [4.78, 5) is 10.8. The molecule has 1 aromatic carbocycles. The molecule has 0 saturated heterocycles. The highest BCUT2D eigenvalue weighted by Crippen LogP contribution is 2.26. The van der Waals surface area contributed by atoms with Gasteiger partial charge in [0.1, 0.15) is 11.9 Å². The third-order valence-corrected chi connectivity index (χ3v) is 2.71. The molecule has 3 nitrogen and oxygen atoms in total. The highest BCUT2D eigenvalue weighted by Gasteiger charge is 2.20. The van der Waals surface area contributed by atoms with E-state index in [1.54, 1.807) is 12.1 Å². The summed E-state index contributed by atoms with van der Waals surface area (Å²) in [6, 6.07) is 5.37. The van der Waals surface area contributed by atoms with Crippen molar-refractivity contribution < 1.29 is 14.6 Å². The number of hydrogen-bond donors (Lipinski definition) is 1. The number of rotatable bonds is 1. The van der Waals surface area contributed by atoms with Crippen molar-refractivity contribution >= 4 is 5.97 Å². The minimum absolute atomic E-state index is 0.000423. The number of ether oxygens (including phenoxy) is 1. The van der Waals surface area contributed by atoms with Gasteiger partial charge in [0.2, 0.25) is 0 Å². The van der Waals surface area contributed by atoms with Gasteiger partial charge in [-0.1, -0.05) is 6.07 Å². The first-order chi connectivity index (χ1) is 7.15. The molecular weight excluding hydrogens is 192 g/mol. The van der Waals surface area contributed by atoms with Crippen LogP contribution in [0.25, 0.3) is 0 Å². The van der Waals surface area contributed by atoms with E-state index in [1.807, 2.05) is 6.07 Å². The monoisotopic (exact) mass is 206 g/mol. The second-order valence-electron chi connectivity index (χ2n) is 3.93. The van der Waals surface area contributed by atoms with Gasteiger partial charge < -0.3 is 9.84 Å². The van der Waals surface area contributed by atoms with Crippen LogP contribution in [0.2, 0.25) is 0 Å². The van der Waals surface area contributed by atoms with E-state index in [4.69, 9.17) is 4.74 Å². The maximum atomic E-state index is 10.8. The molecule has 0 saturated carbocycles. The summed E-state index contributed by atoms with van der Waals surface area (Å²) in [6.45, 7) is 1.44. The molecule has 0 aliphatic heterocycles. The summed E-state index contributed by atoms with van der Waals surface area (Å²) in [5.41, 5.74) is 2.34. The average molecular weight is 206 g/mol. The molecule has 3 heteroatoms. The lowest BCUT2D eigenvalue weighted by atomic mass is 9.89. The third kappa shape index (κ3) is 2.29. The molecule has 0 spiro atoms. The lowest BCUT2D eigenvalue weighted by molar-refractivity contribution is -0.146. The van der Waals surface area contributed by atoms with Crippen molar-refractivity contribution in [3.8, 4) is 5.75 Å². The van der Waals surface area contributed by atoms with Gasteiger partial charge in [0.15, 0.2) is 0 Å². The van der Waals surface area contributed by atoms with Crippen molar-refractivity contribution in [2.24, 2.45) is 0 Å². The molecule has 0 heterocycles. The second-order valence-corrected chi connectivity index (χ2v) is 3.93. The summed E-state index contributed by atoms with van der Waals surface area (Å²) in [7, 11) is 0. The van der Waals surface area contributed by atoms with E-state index >= 15 is 0 Å². The van der Waals surface area contributed by atoms with Crippen molar-refractivity contribution in [1.82, 2.24) is 0 Å². The van der Waals surface area contributed by atoms with Gasteiger partial charge in [-0.2, -0.15) is 0 Å². The fourth-order valence-corrected chi connectivity index (χ4v) is 2.04. The number of carbonyl (C=O) groups excluding carboxylic acids is 1. The number of fused-ring (bicyclic) bond motifs is 1. The first kappa shape index (κ1) is 10.0. The Bertz CT molecular complexity index is 384. The van der Waals surface area contributed by atoms with E-state index < -0.39 is 0 Å². The van der Waals surface area contributed by atoms with Crippen molar-refractivity contribution in [3.63, 3.8) is 0 Å². The largest absolute Gasteiger partial charge is 0.508 e. The van der Waals surface area contributed by atoms with Crippen LogP contribution >= 0.6 is 0 Å². The molecule has 0 bridgehead atoms.